The zero-order valence-electron chi connectivity index (χ0n) is 8.74. The van der Waals surface area contributed by atoms with Gasteiger partial charge in [-0.05, 0) is 38.8 Å². The molecule has 0 aromatic carbocycles. The molecule has 14 heavy (non-hydrogen) atoms. The molecular weight excluding hydrogens is 176 g/mol. The summed E-state index contributed by atoms with van der Waals surface area (Å²) < 4.78 is 2.13. The van der Waals surface area contributed by atoms with Gasteiger partial charge in [-0.1, -0.05) is 0 Å². The quantitative estimate of drug-likeness (QED) is 0.775. The Morgan fingerprint density at radius 1 is 1.64 bits per heavy atom. The molecular formula is C10H18N4. The minimum absolute atomic E-state index is 0.748. The Morgan fingerprint density at radius 2 is 2.57 bits per heavy atom. The van der Waals surface area contributed by atoms with Crippen LogP contribution in [0.3, 0.4) is 0 Å². The van der Waals surface area contributed by atoms with Crippen LogP contribution in [0.2, 0.25) is 0 Å². The van der Waals surface area contributed by atoms with Gasteiger partial charge in [0.2, 0.25) is 0 Å². The monoisotopic (exact) mass is 194 g/mol. The third-order valence-electron chi connectivity index (χ3n) is 2.91. The summed E-state index contributed by atoms with van der Waals surface area (Å²) in [5.74, 6) is 1.89. The number of nitrogens with one attached hydrogen (secondary N) is 1. The lowest BCUT2D eigenvalue weighted by molar-refractivity contribution is 0.366. The summed E-state index contributed by atoms with van der Waals surface area (Å²) in [4.78, 5) is 0. The van der Waals surface area contributed by atoms with Gasteiger partial charge < -0.3 is 9.88 Å². The van der Waals surface area contributed by atoms with Gasteiger partial charge in [-0.25, -0.2) is 0 Å². The van der Waals surface area contributed by atoms with Gasteiger partial charge in [-0.3, -0.25) is 0 Å². The molecule has 0 aliphatic carbocycles. The average molecular weight is 194 g/mol. The number of nitrogens with zero attached hydrogens (tertiary/aromatic N) is 3. The van der Waals surface area contributed by atoms with Crippen LogP contribution in [0.5, 0.6) is 0 Å². The SMILES string of the molecule is CCn1cnnc1CC1CCCNC1. The van der Waals surface area contributed by atoms with Gasteiger partial charge in [0, 0.05) is 13.0 Å². The molecule has 1 atom stereocenters. The summed E-state index contributed by atoms with van der Waals surface area (Å²) in [5.41, 5.74) is 0. The van der Waals surface area contributed by atoms with Crippen LogP contribution in [0, 0.1) is 5.92 Å². The highest BCUT2D eigenvalue weighted by Gasteiger charge is 2.15. The maximum Gasteiger partial charge on any atom is 0.133 e. The van der Waals surface area contributed by atoms with Gasteiger partial charge in [-0.15, -0.1) is 10.2 Å². The molecule has 1 aromatic rings. The number of rotatable bonds is 3. The summed E-state index contributed by atoms with van der Waals surface area (Å²) >= 11 is 0. The van der Waals surface area contributed by atoms with Crippen LogP contribution in [-0.2, 0) is 13.0 Å². The molecule has 4 heteroatoms. The van der Waals surface area contributed by atoms with E-state index in [-0.39, 0.29) is 0 Å². The third kappa shape index (κ3) is 2.12. The van der Waals surface area contributed by atoms with Crippen LogP contribution in [0.1, 0.15) is 25.6 Å². The second-order valence-corrected chi connectivity index (χ2v) is 3.95. The van der Waals surface area contributed by atoms with Crippen LogP contribution in [-0.4, -0.2) is 27.9 Å². The van der Waals surface area contributed by atoms with Crippen molar-refractivity contribution in [1.29, 1.82) is 0 Å². The molecule has 4 nitrogen and oxygen atoms in total. The Hall–Kier alpha value is -0.900. The molecule has 1 unspecified atom stereocenters. The van der Waals surface area contributed by atoms with Crippen molar-refractivity contribution in [3.63, 3.8) is 0 Å². The predicted molar refractivity (Wildman–Crippen MR) is 55.0 cm³/mol. The summed E-state index contributed by atoms with van der Waals surface area (Å²) in [5, 5.41) is 11.5. The molecule has 1 fully saturated rings. The summed E-state index contributed by atoms with van der Waals surface area (Å²) in [6.45, 7) is 5.42. The molecule has 1 saturated heterocycles. The predicted octanol–water partition coefficient (Wildman–Crippen LogP) is 0.840. The van der Waals surface area contributed by atoms with E-state index in [2.05, 4.69) is 27.0 Å². The van der Waals surface area contributed by atoms with Gasteiger partial charge in [0.25, 0.3) is 0 Å². The highest BCUT2D eigenvalue weighted by molar-refractivity contribution is 4.89. The smallest absolute Gasteiger partial charge is 0.133 e. The van der Waals surface area contributed by atoms with E-state index in [9.17, 15) is 0 Å². The van der Waals surface area contributed by atoms with Gasteiger partial charge in [-0.2, -0.15) is 0 Å². The fraction of sp³-hybridized carbons (Fsp3) is 0.800. The van der Waals surface area contributed by atoms with Crippen molar-refractivity contribution in [2.75, 3.05) is 13.1 Å². The standard InChI is InChI=1S/C10H18N4/c1-2-14-8-12-13-10(14)6-9-4-3-5-11-7-9/h8-9,11H,2-7H2,1H3. The van der Waals surface area contributed by atoms with E-state index >= 15 is 0 Å². The third-order valence-corrected chi connectivity index (χ3v) is 2.91. The molecule has 2 heterocycles. The van der Waals surface area contributed by atoms with Crippen LogP contribution < -0.4 is 5.32 Å². The normalized spacial score (nSPS) is 22.5. The summed E-state index contributed by atoms with van der Waals surface area (Å²) in [6.07, 6.45) is 5.51. The minimum Gasteiger partial charge on any atom is -0.318 e. The van der Waals surface area contributed by atoms with E-state index in [0.29, 0.717) is 0 Å². The van der Waals surface area contributed by atoms with Crippen LogP contribution in [0.15, 0.2) is 6.33 Å². The van der Waals surface area contributed by atoms with Crippen LogP contribution in [0.4, 0.5) is 0 Å². The van der Waals surface area contributed by atoms with Gasteiger partial charge in [0.05, 0.1) is 0 Å². The molecule has 1 aliphatic rings. The Balaban J connectivity index is 1.95. The van der Waals surface area contributed by atoms with E-state index in [4.69, 9.17) is 0 Å². The molecule has 1 aliphatic heterocycles. The van der Waals surface area contributed by atoms with E-state index in [0.717, 1.165) is 31.3 Å². The fourth-order valence-electron chi connectivity index (χ4n) is 2.06. The fourth-order valence-corrected chi connectivity index (χ4v) is 2.06. The Kier molecular flexibility index (Phi) is 3.14. The first-order chi connectivity index (χ1) is 6.90. The van der Waals surface area contributed by atoms with E-state index in [1.54, 1.807) is 0 Å². The van der Waals surface area contributed by atoms with Gasteiger partial charge in [0.15, 0.2) is 0 Å². The molecule has 1 N–H and O–H groups in total. The van der Waals surface area contributed by atoms with Crippen molar-refractivity contribution in [2.24, 2.45) is 5.92 Å². The number of aryl methyl sites for hydroxylation is 1. The summed E-state index contributed by atoms with van der Waals surface area (Å²) in [7, 11) is 0. The van der Waals surface area contributed by atoms with Crippen molar-refractivity contribution >= 4 is 0 Å². The average Bonchev–Trinajstić information content (AvgIpc) is 2.67. The van der Waals surface area contributed by atoms with E-state index in [1.807, 2.05) is 6.33 Å². The lowest BCUT2D eigenvalue weighted by atomic mass is 9.96. The lowest BCUT2D eigenvalue weighted by Gasteiger charge is -2.22. The maximum atomic E-state index is 4.17. The number of hydrogen-bond donors (Lipinski definition) is 1. The highest BCUT2D eigenvalue weighted by Crippen LogP contribution is 2.14. The zero-order chi connectivity index (χ0) is 9.80. The second-order valence-electron chi connectivity index (χ2n) is 3.95. The first-order valence-corrected chi connectivity index (χ1v) is 5.47. The van der Waals surface area contributed by atoms with Crippen molar-refractivity contribution in [3.05, 3.63) is 12.2 Å². The molecule has 0 saturated carbocycles. The molecule has 0 bridgehead atoms. The molecule has 2 rings (SSSR count). The summed E-state index contributed by atoms with van der Waals surface area (Å²) in [6, 6.07) is 0. The van der Waals surface area contributed by atoms with Crippen LogP contribution in [0.25, 0.3) is 0 Å². The Bertz CT molecular complexity index is 275. The number of piperidine rings is 1. The Labute approximate surface area is 84.7 Å². The molecule has 0 radical (unpaired) electrons. The topological polar surface area (TPSA) is 42.7 Å². The van der Waals surface area contributed by atoms with E-state index in [1.165, 1.54) is 19.4 Å². The Morgan fingerprint density at radius 3 is 3.29 bits per heavy atom. The molecule has 0 spiro atoms. The van der Waals surface area contributed by atoms with E-state index < -0.39 is 0 Å². The molecule has 78 valence electrons. The highest BCUT2D eigenvalue weighted by atomic mass is 15.3. The minimum atomic E-state index is 0.748. The second kappa shape index (κ2) is 4.55. The van der Waals surface area contributed by atoms with Crippen molar-refractivity contribution < 1.29 is 0 Å². The van der Waals surface area contributed by atoms with Crippen molar-refractivity contribution in [1.82, 2.24) is 20.1 Å². The number of aromatic nitrogens is 3. The molecule has 0 amide bonds. The lowest BCUT2D eigenvalue weighted by Crippen LogP contribution is -2.31. The van der Waals surface area contributed by atoms with Crippen molar-refractivity contribution in [2.45, 2.75) is 32.7 Å². The molecule has 1 aromatic heterocycles. The first kappa shape index (κ1) is 9.65. The van der Waals surface area contributed by atoms with Crippen LogP contribution >= 0.6 is 0 Å². The maximum absolute atomic E-state index is 4.17. The van der Waals surface area contributed by atoms with Gasteiger partial charge >= 0.3 is 0 Å². The number of hydrogen-bond acceptors (Lipinski definition) is 3. The first-order valence-electron chi connectivity index (χ1n) is 5.47. The zero-order valence-corrected chi connectivity index (χ0v) is 8.74. The van der Waals surface area contributed by atoms with Crippen molar-refractivity contribution in [3.8, 4) is 0 Å². The van der Waals surface area contributed by atoms with Gasteiger partial charge in [0.1, 0.15) is 12.2 Å². The largest absolute Gasteiger partial charge is 0.318 e.